The van der Waals surface area contributed by atoms with Gasteiger partial charge in [0.1, 0.15) is 11.2 Å². The predicted octanol–water partition coefficient (Wildman–Crippen LogP) is 14.5. The van der Waals surface area contributed by atoms with Crippen molar-refractivity contribution in [2.75, 3.05) is 10.2 Å². The first-order valence-corrected chi connectivity index (χ1v) is 22.7. The molecule has 0 amide bonds. The third-order valence-electron chi connectivity index (χ3n) is 14.9. The van der Waals surface area contributed by atoms with Gasteiger partial charge in [0.15, 0.2) is 7.28 Å². The fourth-order valence-electron chi connectivity index (χ4n) is 11.3. The predicted molar refractivity (Wildman–Crippen MR) is 268 cm³/mol. The number of benzene rings is 8. The van der Waals surface area contributed by atoms with Gasteiger partial charge in [0.05, 0.1) is 5.69 Å². The van der Waals surface area contributed by atoms with E-state index in [1.807, 2.05) is 0 Å². The highest BCUT2D eigenvalue weighted by molar-refractivity contribution is 6.74. The average molecular weight is 815 g/mol. The average Bonchev–Trinajstić information content (AvgIpc) is 3.67. The van der Waals surface area contributed by atoms with Gasteiger partial charge in [-0.15, -0.1) is 0 Å². The Labute approximate surface area is 371 Å². The Morgan fingerprint density at radius 2 is 1.17 bits per heavy atom. The summed E-state index contributed by atoms with van der Waals surface area (Å²) in [7, 11) is 0.799. The molecule has 0 atom stereocenters. The van der Waals surface area contributed by atoms with Gasteiger partial charge >= 0.3 is 0 Å². The monoisotopic (exact) mass is 814 g/mol. The topological polar surface area (TPSA) is 28.4 Å². The summed E-state index contributed by atoms with van der Waals surface area (Å²) in [5, 5.41) is 6.25. The third kappa shape index (κ3) is 5.80. The van der Waals surface area contributed by atoms with Crippen molar-refractivity contribution in [3.8, 4) is 33.4 Å². The molecule has 4 heteroatoms. The lowest BCUT2D eigenvalue weighted by Gasteiger charge is -2.49. The van der Waals surface area contributed by atoms with E-state index in [1.165, 1.54) is 90.9 Å². The van der Waals surface area contributed by atoms with Crippen LogP contribution in [0.4, 0.5) is 28.4 Å². The third-order valence-corrected chi connectivity index (χ3v) is 14.9. The summed E-state index contributed by atoms with van der Waals surface area (Å²) in [6, 6.07) is 60.4. The molecular weight excluding hydrogens is 763 g/mol. The molecule has 8 aromatic carbocycles. The van der Waals surface area contributed by atoms with Crippen LogP contribution in [0.3, 0.4) is 0 Å². The van der Waals surface area contributed by atoms with Crippen LogP contribution in [0.15, 0.2) is 168 Å². The van der Waals surface area contributed by atoms with Crippen molar-refractivity contribution in [2.45, 2.75) is 70.6 Å². The molecule has 306 valence electrons. The van der Waals surface area contributed by atoms with E-state index in [0.717, 1.165) is 46.2 Å². The summed E-state index contributed by atoms with van der Waals surface area (Å²) >= 11 is 0. The number of nitrogens with zero attached hydrogens (tertiary/aromatic N) is 1. The van der Waals surface area contributed by atoms with Crippen molar-refractivity contribution >= 4 is 68.6 Å². The normalized spacial score (nSPS) is 16.1. The molecular formula is C59H51BN2O. The first kappa shape index (κ1) is 37.9. The van der Waals surface area contributed by atoms with Crippen molar-refractivity contribution in [3.05, 3.63) is 186 Å². The molecule has 0 bridgehead atoms. The van der Waals surface area contributed by atoms with E-state index in [1.54, 1.807) is 0 Å². The first-order valence-electron chi connectivity index (χ1n) is 22.7. The minimum absolute atomic E-state index is 0.0621. The lowest BCUT2D eigenvalue weighted by Crippen LogP contribution is -2.46. The first-order chi connectivity index (χ1) is 30.5. The Balaban J connectivity index is 1.16. The molecule has 0 radical (unpaired) electrons. The lowest BCUT2D eigenvalue weighted by atomic mass is 9.55. The number of furan rings is 1. The SMILES string of the molecule is CC1(C)CCC(C)(C)c2cc3c(cc21)N1c2cc4oc5ccccc5c4c(-c4cc(-c5ccccc5)ccc4Nc4cccc(-c5ccccc5)c4)c2Bc2cccc(c21)C3(C)C. The smallest absolute Gasteiger partial charge is 0.198 e. The van der Waals surface area contributed by atoms with E-state index < -0.39 is 0 Å². The van der Waals surface area contributed by atoms with Gasteiger partial charge in [-0.2, -0.15) is 0 Å². The van der Waals surface area contributed by atoms with E-state index in [-0.39, 0.29) is 16.2 Å². The van der Waals surface area contributed by atoms with E-state index in [9.17, 15) is 0 Å². The number of hydrogen-bond donors (Lipinski definition) is 1. The van der Waals surface area contributed by atoms with Gasteiger partial charge < -0.3 is 14.6 Å². The molecule has 2 aliphatic heterocycles. The van der Waals surface area contributed by atoms with E-state index >= 15 is 0 Å². The van der Waals surface area contributed by atoms with Crippen molar-refractivity contribution in [1.29, 1.82) is 0 Å². The highest BCUT2D eigenvalue weighted by Gasteiger charge is 2.45. The molecule has 3 heterocycles. The number of para-hydroxylation sites is 2. The molecule has 0 saturated heterocycles. The van der Waals surface area contributed by atoms with Crippen molar-refractivity contribution in [3.63, 3.8) is 0 Å². The molecule has 0 saturated carbocycles. The number of fused-ring (bicyclic) bond motifs is 8. The number of hydrogen-bond acceptors (Lipinski definition) is 3. The van der Waals surface area contributed by atoms with Gasteiger partial charge in [-0.25, -0.2) is 0 Å². The van der Waals surface area contributed by atoms with Crippen LogP contribution in [0.5, 0.6) is 0 Å². The van der Waals surface area contributed by atoms with Crippen molar-refractivity contribution in [2.24, 2.45) is 0 Å². The van der Waals surface area contributed by atoms with Crippen LogP contribution < -0.4 is 21.1 Å². The second kappa shape index (κ2) is 13.6. The molecule has 3 aliphatic rings. The van der Waals surface area contributed by atoms with E-state index in [4.69, 9.17) is 4.42 Å². The largest absolute Gasteiger partial charge is 0.456 e. The Morgan fingerprint density at radius 3 is 1.92 bits per heavy atom. The van der Waals surface area contributed by atoms with E-state index in [0.29, 0.717) is 0 Å². The minimum atomic E-state index is -0.191. The van der Waals surface area contributed by atoms with Gasteiger partial charge in [0, 0.05) is 50.6 Å². The standard InChI is InChI=1S/C59H51BN2O/c1-57(2)29-30-58(3,4)45-34-49-46(33-44(45)57)59(5,6)43-24-16-25-47-56(43)62(49)50-35-52-53(41-23-13-14-26-51(41)63-52)54(55(50)60-47)42-32-39(37-19-11-8-12-20-37)27-28-48(42)61-40-22-15-21-38(31-40)36-17-9-7-10-18-36/h7-28,31-35,60-61H,29-30H2,1-6H3. The fraction of sp³-hybridized carbons (Fsp3) is 0.186. The van der Waals surface area contributed by atoms with Gasteiger partial charge in [-0.3, -0.25) is 0 Å². The van der Waals surface area contributed by atoms with Crippen LogP contribution in [0, 0.1) is 0 Å². The van der Waals surface area contributed by atoms with Gasteiger partial charge in [0.25, 0.3) is 0 Å². The quantitative estimate of drug-likeness (QED) is 0.175. The van der Waals surface area contributed by atoms with Gasteiger partial charge in [0.2, 0.25) is 0 Å². The second-order valence-electron chi connectivity index (χ2n) is 20.1. The molecule has 1 aromatic heterocycles. The number of anilines is 5. The van der Waals surface area contributed by atoms with Crippen LogP contribution in [0.2, 0.25) is 0 Å². The van der Waals surface area contributed by atoms with Crippen LogP contribution in [0.25, 0.3) is 55.3 Å². The molecule has 0 fully saturated rings. The number of rotatable bonds is 5. The van der Waals surface area contributed by atoms with E-state index in [2.05, 4.69) is 216 Å². The summed E-state index contributed by atoms with van der Waals surface area (Å²) in [6.07, 6.45) is 2.35. The highest BCUT2D eigenvalue weighted by atomic mass is 16.3. The zero-order valence-electron chi connectivity index (χ0n) is 37.1. The summed E-state index contributed by atoms with van der Waals surface area (Å²) in [5.74, 6) is 0. The summed E-state index contributed by atoms with van der Waals surface area (Å²) in [5.41, 5.74) is 23.2. The van der Waals surface area contributed by atoms with Crippen LogP contribution in [0.1, 0.15) is 76.6 Å². The van der Waals surface area contributed by atoms with Crippen LogP contribution >= 0.6 is 0 Å². The molecule has 3 nitrogen and oxygen atoms in total. The van der Waals surface area contributed by atoms with Gasteiger partial charge in [-0.05, 0) is 116 Å². The zero-order chi connectivity index (χ0) is 42.8. The van der Waals surface area contributed by atoms with Crippen molar-refractivity contribution in [1.82, 2.24) is 0 Å². The molecule has 63 heavy (non-hydrogen) atoms. The molecule has 1 N–H and O–H groups in total. The highest BCUT2D eigenvalue weighted by Crippen LogP contribution is 2.57. The maximum atomic E-state index is 6.98. The minimum Gasteiger partial charge on any atom is -0.456 e. The summed E-state index contributed by atoms with van der Waals surface area (Å²) < 4.78 is 6.98. The summed E-state index contributed by atoms with van der Waals surface area (Å²) in [6.45, 7) is 14.7. The maximum absolute atomic E-state index is 6.98. The second-order valence-corrected chi connectivity index (χ2v) is 20.1. The maximum Gasteiger partial charge on any atom is 0.198 e. The molecule has 1 aliphatic carbocycles. The molecule has 12 rings (SSSR count). The van der Waals surface area contributed by atoms with Gasteiger partial charge in [-0.1, -0.05) is 168 Å². The Morgan fingerprint density at radius 1 is 0.524 bits per heavy atom. The Kier molecular flexibility index (Phi) is 8.20. The van der Waals surface area contributed by atoms with Crippen LogP contribution in [-0.4, -0.2) is 7.28 Å². The molecule has 0 spiro atoms. The zero-order valence-corrected chi connectivity index (χ0v) is 37.1. The van der Waals surface area contributed by atoms with Crippen molar-refractivity contribution < 1.29 is 4.42 Å². The number of nitrogens with one attached hydrogen (secondary N) is 1. The lowest BCUT2D eigenvalue weighted by molar-refractivity contribution is 0.331. The fourth-order valence-corrected chi connectivity index (χ4v) is 11.3. The Hall–Kier alpha value is -6.78. The molecule has 0 unspecified atom stereocenters. The van der Waals surface area contributed by atoms with Crippen LogP contribution in [-0.2, 0) is 16.2 Å². The Bertz CT molecular complexity index is 3320. The summed E-state index contributed by atoms with van der Waals surface area (Å²) in [4.78, 5) is 2.63. The molecule has 9 aromatic rings.